The highest BCUT2D eigenvalue weighted by Crippen LogP contribution is 2.28. The lowest BCUT2D eigenvalue weighted by Crippen LogP contribution is -2.17. The van der Waals surface area contributed by atoms with Crippen LogP contribution in [0.15, 0.2) is 24.3 Å². The molecule has 0 bridgehead atoms. The first-order valence-corrected chi connectivity index (χ1v) is 7.46. The molecular weight excluding hydrogens is 249 g/mol. The molecule has 1 saturated carbocycles. The molecule has 0 atom stereocenters. The Bertz CT molecular complexity index is 387. The maximum Gasteiger partial charge on any atom is 0.234 e. The van der Waals surface area contributed by atoms with Gasteiger partial charge in [-0.3, -0.25) is 4.79 Å². The van der Waals surface area contributed by atoms with Crippen LogP contribution in [-0.2, 0) is 4.79 Å². The second-order valence-corrected chi connectivity index (χ2v) is 5.91. The van der Waals surface area contributed by atoms with E-state index in [0.29, 0.717) is 16.7 Å². The van der Waals surface area contributed by atoms with Gasteiger partial charge in [0.15, 0.2) is 0 Å². The van der Waals surface area contributed by atoms with Crippen molar-refractivity contribution in [1.82, 2.24) is 0 Å². The van der Waals surface area contributed by atoms with E-state index in [1.165, 1.54) is 44.2 Å². The van der Waals surface area contributed by atoms with E-state index in [2.05, 4.69) is 5.32 Å². The molecule has 1 N–H and O–H groups in total. The fourth-order valence-corrected chi connectivity index (χ4v) is 3.28. The molecule has 2 rings (SSSR count). The van der Waals surface area contributed by atoms with Crippen molar-refractivity contribution in [3.8, 4) is 0 Å². The SMILES string of the molecule is O=C(CSC1CCCCC1)Nc1ccc(F)cc1. The standard InChI is InChI=1S/C14H18FNOS/c15-11-6-8-12(9-7-11)16-14(17)10-18-13-4-2-1-3-5-13/h6-9,13H,1-5,10H2,(H,16,17). The normalized spacial score (nSPS) is 16.5. The lowest BCUT2D eigenvalue weighted by atomic mass is 10.0. The smallest absolute Gasteiger partial charge is 0.234 e. The zero-order valence-corrected chi connectivity index (χ0v) is 11.1. The van der Waals surface area contributed by atoms with E-state index < -0.39 is 0 Å². The summed E-state index contributed by atoms with van der Waals surface area (Å²) in [5.41, 5.74) is 0.658. The van der Waals surface area contributed by atoms with Crippen LogP contribution in [0.2, 0.25) is 0 Å². The molecule has 18 heavy (non-hydrogen) atoms. The van der Waals surface area contributed by atoms with Gasteiger partial charge in [-0.1, -0.05) is 19.3 Å². The fraction of sp³-hybridized carbons (Fsp3) is 0.500. The highest BCUT2D eigenvalue weighted by Gasteiger charge is 2.15. The summed E-state index contributed by atoms with van der Waals surface area (Å²) in [6.45, 7) is 0. The van der Waals surface area contributed by atoms with Gasteiger partial charge in [0.2, 0.25) is 5.91 Å². The molecule has 1 amide bonds. The van der Waals surface area contributed by atoms with Crippen molar-refractivity contribution in [2.24, 2.45) is 0 Å². The number of hydrogen-bond donors (Lipinski definition) is 1. The summed E-state index contributed by atoms with van der Waals surface area (Å²) in [5, 5.41) is 3.42. The first-order valence-electron chi connectivity index (χ1n) is 6.41. The molecule has 1 aliphatic carbocycles. The second kappa shape index (κ2) is 6.78. The first kappa shape index (κ1) is 13.4. The second-order valence-electron chi connectivity index (χ2n) is 4.63. The number of amides is 1. The number of carbonyl (C=O) groups excluding carboxylic acids is 1. The summed E-state index contributed by atoms with van der Waals surface area (Å²) >= 11 is 1.74. The molecule has 0 radical (unpaired) electrons. The van der Waals surface area contributed by atoms with E-state index in [4.69, 9.17) is 0 Å². The van der Waals surface area contributed by atoms with Crippen LogP contribution in [0.3, 0.4) is 0 Å². The Hall–Kier alpha value is -1.03. The van der Waals surface area contributed by atoms with Crippen molar-refractivity contribution in [2.45, 2.75) is 37.4 Å². The lowest BCUT2D eigenvalue weighted by Gasteiger charge is -2.20. The van der Waals surface area contributed by atoms with Gasteiger partial charge in [0.25, 0.3) is 0 Å². The van der Waals surface area contributed by atoms with E-state index in [9.17, 15) is 9.18 Å². The van der Waals surface area contributed by atoms with Gasteiger partial charge in [-0.25, -0.2) is 4.39 Å². The monoisotopic (exact) mass is 267 g/mol. The molecule has 1 aromatic rings. The molecule has 1 aliphatic rings. The Labute approximate surface area is 111 Å². The highest BCUT2D eigenvalue weighted by molar-refractivity contribution is 8.00. The van der Waals surface area contributed by atoms with Crippen LogP contribution in [0, 0.1) is 5.82 Å². The van der Waals surface area contributed by atoms with Crippen molar-refractivity contribution in [3.63, 3.8) is 0 Å². The number of hydrogen-bond acceptors (Lipinski definition) is 2. The number of carbonyl (C=O) groups is 1. The van der Waals surface area contributed by atoms with Crippen LogP contribution >= 0.6 is 11.8 Å². The molecule has 1 fully saturated rings. The summed E-state index contributed by atoms with van der Waals surface area (Å²) in [7, 11) is 0. The van der Waals surface area contributed by atoms with E-state index in [1.807, 2.05) is 0 Å². The van der Waals surface area contributed by atoms with Crippen molar-refractivity contribution in [1.29, 1.82) is 0 Å². The highest BCUT2D eigenvalue weighted by atomic mass is 32.2. The zero-order valence-electron chi connectivity index (χ0n) is 10.3. The number of thioether (sulfide) groups is 1. The third-order valence-electron chi connectivity index (χ3n) is 3.13. The Morgan fingerprint density at radius 2 is 1.89 bits per heavy atom. The summed E-state index contributed by atoms with van der Waals surface area (Å²) < 4.78 is 12.7. The predicted octanol–water partition coefficient (Wildman–Crippen LogP) is 3.83. The van der Waals surface area contributed by atoms with Gasteiger partial charge in [-0.15, -0.1) is 11.8 Å². The third-order valence-corrected chi connectivity index (χ3v) is 4.50. The molecule has 98 valence electrons. The quantitative estimate of drug-likeness (QED) is 0.898. The summed E-state index contributed by atoms with van der Waals surface area (Å²) in [6, 6.07) is 5.87. The first-order chi connectivity index (χ1) is 8.74. The van der Waals surface area contributed by atoms with Crippen molar-refractivity contribution < 1.29 is 9.18 Å². The van der Waals surface area contributed by atoms with Gasteiger partial charge >= 0.3 is 0 Å². The molecule has 4 heteroatoms. The summed E-state index contributed by atoms with van der Waals surface area (Å²) in [6.07, 6.45) is 6.37. The Balaban J connectivity index is 1.73. The van der Waals surface area contributed by atoms with Crippen molar-refractivity contribution in [3.05, 3.63) is 30.1 Å². The van der Waals surface area contributed by atoms with Crippen LogP contribution in [0.5, 0.6) is 0 Å². The Morgan fingerprint density at radius 1 is 1.22 bits per heavy atom. The Morgan fingerprint density at radius 3 is 2.56 bits per heavy atom. The van der Waals surface area contributed by atoms with E-state index >= 15 is 0 Å². The molecule has 0 spiro atoms. The average molecular weight is 267 g/mol. The van der Waals surface area contributed by atoms with Gasteiger partial charge in [0.05, 0.1) is 5.75 Å². The minimum Gasteiger partial charge on any atom is -0.325 e. The van der Waals surface area contributed by atoms with E-state index in [1.54, 1.807) is 23.9 Å². The van der Waals surface area contributed by atoms with Crippen LogP contribution in [0.4, 0.5) is 10.1 Å². The number of halogens is 1. The van der Waals surface area contributed by atoms with E-state index in [-0.39, 0.29) is 11.7 Å². The largest absolute Gasteiger partial charge is 0.325 e. The molecule has 0 heterocycles. The number of nitrogens with one attached hydrogen (secondary N) is 1. The number of anilines is 1. The average Bonchev–Trinajstić information content (AvgIpc) is 2.40. The Kier molecular flexibility index (Phi) is 5.05. The zero-order chi connectivity index (χ0) is 12.8. The van der Waals surface area contributed by atoms with Crippen LogP contribution in [-0.4, -0.2) is 16.9 Å². The minimum absolute atomic E-state index is 0.00261. The van der Waals surface area contributed by atoms with Gasteiger partial charge < -0.3 is 5.32 Å². The molecule has 0 aromatic heterocycles. The lowest BCUT2D eigenvalue weighted by molar-refractivity contribution is -0.113. The predicted molar refractivity (Wildman–Crippen MR) is 74.4 cm³/mol. The molecular formula is C14H18FNOS. The summed E-state index contributed by atoms with van der Waals surface area (Å²) in [5.74, 6) is 0.198. The fourth-order valence-electron chi connectivity index (χ4n) is 2.16. The van der Waals surface area contributed by atoms with Gasteiger partial charge in [-0.05, 0) is 37.1 Å². The molecule has 0 unspecified atom stereocenters. The van der Waals surface area contributed by atoms with Crippen molar-refractivity contribution >= 4 is 23.4 Å². The number of rotatable bonds is 4. The van der Waals surface area contributed by atoms with Crippen LogP contribution < -0.4 is 5.32 Å². The molecule has 1 aromatic carbocycles. The van der Waals surface area contributed by atoms with Gasteiger partial charge in [0.1, 0.15) is 5.82 Å². The van der Waals surface area contributed by atoms with Crippen LogP contribution in [0.25, 0.3) is 0 Å². The van der Waals surface area contributed by atoms with Crippen molar-refractivity contribution in [2.75, 3.05) is 11.1 Å². The molecule has 0 saturated heterocycles. The number of benzene rings is 1. The molecule has 2 nitrogen and oxygen atoms in total. The van der Waals surface area contributed by atoms with Gasteiger partial charge in [0, 0.05) is 10.9 Å². The maximum atomic E-state index is 12.7. The minimum atomic E-state index is -0.287. The maximum absolute atomic E-state index is 12.7. The van der Waals surface area contributed by atoms with Crippen LogP contribution in [0.1, 0.15) is 32.1 Å². The van der Waals surface area contributed by atoms with Gasteiger partial charge in [-0.2, -0.15) is 0 Å². The van der Waals surface area contributed by atoms with E-state index in [0.717, 1.165) is 0 Å². The molecule has 0 aliphatic heterocycles. The third kappa shape index (κ3) is 4.33. The summed E-state index contributed by atoms with van der Waals surface area (Å²) in [4.78, 5) is 11.7. The topological polar surface area (TPSA) is 29.1 Å².